The molecule has 2 aliphatic rings. The fourth-order valence-corrected chi connectivity index (χ4v) is 2.85. The minimum absolute atomic E-state index is 0.108. The Morgan fingerprint density at radius 3 is 2.68 bits per heavy atom. The quantitative estimate of drug-likeness (QED) is 0.922. The van der Waals surface area contributed by atoms with Gasteiger partial charge in [-0.05, 0) is 31.7 Å². The Kier molecular flexibility index (Phi) is 3.71. The number of halogens is 1. The lowest BCUT2D eigenvalue weighted by molar-refractivity contribution is 0.0909. The van der Waals surface area contributed by atoms with Gasteiger partial charge < -0.3 is 10.2 Å². The topological polar surface area (TPSA) is 45.2 Å². The lowest BCUT2D eigenvalue weighted by atomic mass is 10.0. The van der Waals surface area contributed by atoms with Crippen LogP contribution in [0.15, 0.2) is 18.5 Å². The number of nitrogens with one attached hydrogen (secondary N) is 1. The van der Waals surface area contributed by atoms with Crippen LogP contribution in [0.4, 0.5) is 0 Å². The third-order valence-electron chi connectivity index (χ3n) is 3.94. The van der Waals surface area contributed by atoms with Crippen molar-refractivity contribution in [1.29, 1.82) is 0 Å². The van der Waals surface area contributed by atoms with E-state index in [-0.39, 0.29) is 11.9 Å². The zero-order valence-corrected chi connectivity index (χ0v) is 11.6. The van der Waals surface area contributed by atoms with Gasteiger partial charge in [0.1, 0.15) is 0 Å². The van der Waals surface area contributed by atoms with E-state index in [9.17, 15) is 4.79 Å². The van der Waals surface area contributed by atoms with Gasteiger partial charge in [-0.15, -0.1) is 0 Å². The second-order valence-electron chi connectivity index (χ2n) is 5.37. The maximum atomic E-state index is 12.1. The second kappa shape index (κ2) is 5.47. The number of hydrogen-bond acceptors (Lipinski definition) is 3. The molecule has 0 aromatic carbocycles. The summed E-state index contributed by atoms with van der Waals surface area (Å²) in [5, 5.41) is 3.53. The first-order valence-electron chi connectivity index (χ1n) is 6.88. The Morgan fingerprint density at radius 1 is 1.32 bits per heavy atom. The molecule has 2 heterocycles. The smallest absolute Gasteiger partial charge is 0.254 e. The van der Waals surface area contributed by atoms with Gasteiger partial charge in [0, 0.05) is 37.6 Å². The molecule has 1 N–H and O–H groups in total. The molecule has 19 heavy (non-hydrogen) atoms. The molecule has 0 spiro atoms. The van der Waals surface area contributed by atoms with Crippen molar-refractivity contribution in [3.05, 3.63) is 29.0 Å². The molecule has 0 unspecified atom stereocenters. The zero-order chi connectivity index (χ0) is 13.2. The molecule has 1 aromatic heterocycles. The summed E-state index contributed by atoms with van der Waals surface area (Å²) in [6.45, 7) is 2.19. The predicted molar refractivity (Wildman–Crippen MR) is 74.3 cm³/mol. The highest BCUT2D eigenvalue weighted by Gasteiger charge is 2.32. The van der Waals surface area contributed by atoms with Gasteiger partial charge in [0.15, 0.2) is 0 Å². The molecule has 1 aromatic rings. The Balaban J connectivity index is 1.54. The highest BCUT2D eigenvalue weighted by Crippen LogP contribution is 2.29. The molecular weight excluding hydrogens is 262 g/mol. The summed E-state index contributed by atoms with van der Waals surface area (Å²) in [5.41, 5.74) is 0.466. The fraction of sp³-hybridized carbons (Fsp3) is 0.571. The van der Waals surface area contributed by atoms with E-state index in [1.165, 1.54) is 19.0 Å². The molecule has 102 valence electrons. The van der Waals surface area contributed by atoms with Crippen molar-refractivity contribution >= 4 is 17.5 Å². The first kappa shape index (κ1) is 12.9. The van der Waals surface area contributed by atoms with Gasteiger partial charge >= 0.3 is 0 Å². The van der Waals surface area contributed by atoms with E-state index in [4.69, 9.17) is 11.6 Å². The van der Waals surface area contributed by atoms with E-state index in [0.29, 0.717) is 10.6 Å². The molecule has 1 saturated carbocycles. The van der Waals surface area contributed by atoms with Gasteiger partial charge in [-0.25, -0.2) is 0 Å². The molecule has 0 bridgehead atoms. The van der Waals surface area contributed by atoms with Crippen LogP contribution < -0.4 is 5.32 Å². The molecule has 0 radical (unpaired) electrons. The van der Waals surface area contributed by atoms with Gasteiger partial charge in [-0.2, -0.15) is 0 Å². The van der Waals surface area contributed by atoms with E-state index in [1.807, 2.05) is 0 Å². The summed E-state index contributed by atoms with van der Waals surface area (Å²) in [5.74, 6) is -0.108. The van der Waals surface area contributed by atoms with Crippen molar-refractivity contribution in [3.8, 4) is 0 Å². The number of hydrogen-bond donors (Lipinski definition) is 1. The van der Waals surface area contributed by atoms with E-state index in [0.717, 1.165) is 32.0 Å². The molecule has 1 aliphatic carbocycles. The van der Waals surface area contributed by atoms with Gasteiger partial charge in [0.25, 0.3) is 5.91 Å². The lowest BCUT2D eigenvalue weighted by Crippen LogP contribution is -2.45. The van der Waals surface area contributed by atoms with Crippen LogP contribution in [0.1, 0.15) is 36.0 Å². The summed E-state index contributed by atoms with van der Waals surface area (Å²) in [4.78, 5) is 18.6. The number of aromatic nitrogens is 1. The van der Waals surface area contributed by atoms with Crippen molar-refractivity contribution in [3.63, 3.8) is 0 Å². The number of amides is 1. The number of carbonyl (C=O) groups excluding carboxylic acids is 1. The Morgan fingerprint density at radius 2 is 2.05 bits per heavy atom. The summed E-state index contributed by atoms with van der Waals surface area (Å²) in [6.07, 6.45) is 7.87. The van der Waals surface area contributed by atoms with E-state index < -0.39 is 0 Å². The molecular formula is C14H18ClN3O. The third kappa shape index (κ3) is 3.07. The number of carbonyl (C=O) groups is 1. The van der Waals surface area contributed by atoms with Crippen molar-refractivity contribution in [1.82, 2.24) is 15.2 Å². The van der Waals surface area contributed by atoms with Crippen molar-refractivity contribution < 1.29 is 4.79 Å². The minimum Gasteiger partial charge on any atom is -0.349 e. The van der Waals surface area contributed by atoms with Crippen LogP contribution in [-0.2, 0) is 0 Å². The molecule has 3 rings (SSSR count). The summed E-state index contributed by atoms with van der Waals surface area (Å²) < 4.78 is 0. The van der Waals surface area contributed by atoms with Crippen molar-refractivity contribution in [2.75, 3.05) is 13.1 Å². The number of nitrogens with zero attached hydrogens (tertiary/aromatic N) is 2. The van der Waals surface area contributed by atoms with E-state index in [2.05, 4.69) is 15.2 Å². The number of piperidine rings is 1. The minimum atomic E-state index is -0.108. The maximum Gasteiger partial charge on any atom is 0.254 e. The van der Waals surface area contributed by atoms with Crippen molar-refractivity contribution in [2.45, 2.75) is 37.8 Å². The summed E-state index contributed by atoms with van der Waals surface area (Å²) in [7, 11) is 0. The van der Waals surface area contributed by atoms with Crippen LogP contribution in [0.3, 0.4) is 0 Å². The first-order chi connectivity index (χ1) is 9.24. The second-order valence-corrected chi connectivity index (χ2v) is 5.78. The molecule has 2 fully saturated rings. The highest BCUT2D eigenvalue weighted by molar-refractivity contribution is 6.33. The molecule has 1 amide bonds. The van der Waals surface area contributed by atoms with Crippen LogP contribution in [0.5, 0.6) is 0 Å². The monoisotopic (exact) mass is 279 g/mol. The fourth-order valence-electron chi connectivity index (χ4n) is 2.66. The molecule has 5 heteroatoms. The van der Waals surface area contributed by atoms with Crippen molar-refractivity contribution in [2.24, 2.45) is 0 Å². The largest absolute Gasteiger partial charge is 0.349 e. The SMILES string of the molecule is O=C(NC1CCN(C2CC2)CC1)c1cnccc1Cl. The Bertz CT molecular complexity index is 468. The number of likely N-dealkylation sites (tertiary alicyclic amines) is 1. The zero-order valence-electron chi connectivity index (χ0n) is 10.8. The number of pyridine rings is 1. The summed E-state index contributed by atoms with van der Waals surface area (Å²) in [6, 6.07) is 2.73. The molecule has 1 aliphatic heterocycles. The predicted octanol–water partition coefficient (Wildman–Crippen LogP) is 2.09. The van der Waals surface area contributed by atoms with Crippen LogP contribution in [0, 0.1) is 0 Å². The van der Waals surface area contributed by atoms with E-state index in [1.54, 1.807) is 12.3 Å². The average molecular weight is 280 g/mol. The van der Waals surface area contributed by atoms with Gasteiger partial charge in [-0.3, -0.25) is 9.78 Å². The van der Waals surface area contributed by atoms with E-state index >= 15 is 0 Å². The van der Waals surface area contributed by atoms with Crippen LogP contribution in [0.2, 0.25) is 5.02 Å². The third-order valence-corrected chi connectivity index (χ3v) is 4.27. The van der Waals surface area contributed by atoms with Gasteiger partial charge in [0.05, 0.1) is 10.6 Å². The lowest BCUT2D eigenvalue weighted by Gasteiger charge is -2.32. The standard InChI is InChI=1S/C14H18ClN3O/c15-13-3-6-16-9-12(13)14(19)17-10-4-7-18(8-5-10)11-1-2-11/h3,6,9-11H,1-2,4-5,7-8H2,(H,17,19). The number of rotatable bonds is 3. The Hall–Kier alpha value is -1.13. The Labute approximate surface area is 118 Å². The summed E-state index contributed by atoms with van der Waals surface area (Å²) >= 11 is 6.00. The van der Waals surface area contributed by atoms with Crippen LogP contribution >= 0.6 is 11.6 Å². The van der Waals surface area contributed by atoms with Crippen LogP contribution in [0.25, 0.3) is 0 Å². The molecule has 4 nitrogen and oxygen atoms in total. The molecule has 0 atom stereocenters. The van der Waals surface area contributed by atoms with Crippen LogP contribution in [-0.4, -0.2) is 41.0 Å². The van der Waals surface area contributed by atoms with Gasteiger partial charge in [0.2, 0.25) is 0 Å². The van der Waals surface area contributed by atoms with Gasteiger partial charge in [-0.1, -0.05) is 11.6 Å². The average Bonchev–Trinajstić information content (AvgIpc) is 3.24. The maximum absolute atomic E-state index is 12.1. The highest BCUT2D eigenvalue weighted by atomic mass is 35.5. The normalized spacial score (nSPS) is 21.3. The first-order valence-corrected chi connectivity index (χ1v) is 7.26. The molecule has 1 saturated heterocycles.